The van der Waals surface area contributed by atoms with E-state index in [0.717, 1.165) is 13.0 Å². The lowest BCUT2D eigenvalue weighted by Gasteiger charge is -2.30. The van der Waals surface area contributed by atoms with Gasteiger partial charge >= 0.3 is 0 Å². The molecular weight excluding hydrogens is 346 g/mol. The second kappa shape index (κ2) is 7.04. The molecule has 0 aromatic rings. The Bertz CT molecular complexity index is 615. The first kappa shape index (κ1) is 20.6. The minimum absolute atomic E-state index is 0.0548. The smallest absolute Gasteiger partial charge is 0.298 e. The second-order valence-corrected chi connectivity index (χ2v) is 9.56. The molecule has 1 amide bonds. The molecule has 0 aromatic carbocycles. The minimum Gasteiger partial charge on any atom is -0.374 e. The third-order valence-corrected chi connectivity index (χ3v) is 5.51. The third-order valence-electron chi connectivity index (χ3n) is 5.51. The Morgan fingerprint density at radius 3 is 1.96 bits per heavy atom. The summed E-state index contributed by atoms with van der Waals surface area (Å²) in [5, 5.41) is 0. The number of rotatable bonds is 9. The van der Waals surface area contributed by atoms with Crippen LogP contribution in [0.25, 0.3) is 0 Å². The second-order valence-electron chi connectivity index (χ2n) is 9.56. The maximum Gasteiger partial charge on any atom is 0.298 e. The lowest BCUT2D eigenvalue weighted by atomic mass is 9.85. The van der Waals surface area contributed by atoms with Crippen molar-refractivity contribution in [2.24, 2.45) is 5.41 Å². The first-order chi connectivity index (χ1) is 12.5. The van der Waals surface area contributed by atoms with Crippen LogP contribution in [0.1, 0.15) is 48.0 Å². The third kappa shape index (κ3) is 5.68. The van der Waals surface area contributed by atoms with Crippen LogP contribution in [0.15, 0.2) is 0 Å². The number of nitrogens with zero attached hydrogens (tertiary/aromatic N) is 1. The minimum atomic E-state index is -0.429. The van der Waals surface area contributed by atoms with Crippen LogP contribution >= 0.6 is 0 Å². The Morgan fingerprint density at radius 2 is 1.56 bits per heavy atom. The average molecular weight is 379 g/mol. The Balaban J connectivity index is 1.63. The molecule has 0 saturated carbocycles. The van der Waals surface area contributed by atoms with Crippen molar-refractivity contribution < 1.29 is 23.7 Å². The quantitative estimate of drug-likeness (QED) is 0.453. The molecule has 0 spiro atoms. The van der Waals surface area contributed by atoms with Gasteiger partial charge in [-0.1, -0.05) is 12.8 Å². The van der Waals surface area contributed by atoms with E-state index in [2.05, 4.69) is 18.8 Å². The van der Waals surface area contributed by atoms with Crippen molar-refractivity contribution in [2.45, 2.75) is 70.9 Å². The highest BCUT2D eigenvalue weighted by Gasteiger charge is 2.47. The molecule has 3 fully saturated rings. The molecule has 0 aliphatic carbocycles. The first-order valence-corrected chi connectivity index (χ1v) is 9.84. The van der Waals surface area contributed by atoms with Gasteiger partial charge in [-0.05, 0) is 47.0 Å². The highest BCUT2D eigenvalue weighted by atomic mass is 16.6. The molecule has 3 rings (SSSR count). The molecule has 3 saturated heterocycles. The lowest BCUT2D eigenvalue weighted by Crippen LogP contribution is -2.42. The zero-order valence-electron chi connectivity index (χ0n) is 17.5. The van der Waals surface area contributed by atoms with E-state index in [4.69, 9.17) is 18.9 Å². The SMILES string of the molecule is CCC(OCC1(C)CO1)C(C)(C)C#CC(=O)N(CC1(C)CO1)CC1(C)CO1. The lowest BCUT2D eigenvalue weighted by molar-refractivity contribution is -0.126. The number of carbonyl (C=O) groups excluding carboxylic acids is 1. The summed E-state index contributed by atoms with van der Waals surface area (Å²) in [4.78, 5) is 14.6. The maximum absolute atomic E-state index is 12.8. The van der Waals surface area contributed by atoms with E-state index in [1.807, 2.05) is 34.6 Å². The summed E-state index contributed by atoms with van der Waals surface area (Å²) in [7, 11) is 0. The molecule has 0 radical (unpaired) electrons. The van der Waals surface area contributed by atoms with Crippen LogP contribution in [0.3, 0.4) is 0 Å². The van der Waals surface area contributed by atoms with Crippen molar-refractivity contribution in [3.63, 3.8) is 0 Å². The van der Waals surface area contributed by atoms with Gasteiger partial charge in [0, 0.05) is 0 Å². The molecule has 4 unspecified atom stereocenters. The first-order valence-electron chi connectivity index (χ1n) is 9.84. The Labute approximate surface area is 162 Å². The van der Waals surface area contributed by atoms with Crippen molar-refractivity contribution in [3.05, 3.63) is 0 Å². The Hall–Kier alpha value is -1.13. The van der Waals surface area contributed by atoms with Gasteiger partial charge < -0.3 is 23.8 Å². The van der Waals surface area contributed by atoms with Gasteiger partial charge in [0.15, 0.2) is 0 Å². The molecule has 3 heterocycles. The van der Waals surface area contributed by atoms with Crippen molar-refractivity contribution in [1.29, 1.82) is 0 Å². The van der Waals surface area contributed by atoms with E-state index in [-0.39, 0.29) is 28.8 Å². The van der Waals surface area contributed by atoms with E-state index < -0.39 is 5.41 Å². The van der Waals surface area contributed by atoms with E-state index in [1.54, 1.807) is 4.90 Å². The van der Waals surface area contributed by atoms with Gasteiger partial charge in [-0.2, -0.15) is 0 Å². The molecule has 0 bridgehead atoms. The van der Waals surface area contributed by atoms with E-state index >= 15 is 0 Å². The molecule has 3 aliphatic heterocycles. The molecule has 6 heteroatoms. The van der Waals surface area contributed by atoms with Crippen molar-refractivity contribution >= 4 is 5.91 Å². The fraction of sp³-hybridized carbons (Fsp3) is 0.857. The van der Waals surface area contributed by atoms with Crippen molar-refractivity contribution in [2.75, 3.05) is 39.5 Å². The largest absolute Gasteiger partial charge is 0.374 e. The van der Waals surface area contributed by atoms with Gasteiger partial charge in [0.05, 0.1) is 51.0 Å². The molecule has 27 heavy (non-hydrogen) atoms. The Morgan fingerprint density at radius 1 is 1.07 bits per heavy atom. The highest BCUT2D eigenvalue weighted by molar-refractivity contribution is 5.93. The molecule has 0 N–H and O–H groups in total. The number of carbonyl (C=O) groups is 1. The van der Waals surface area contributed by atoms with Gasteiger partial charge in [-0.15, -0.1) is 0 Å². The number of ether oxygens (including phenoxy) is 4. The predicted molar refractivity (Wildman–Crippen MR) is 101 cm³/mol. The van der Waals surface area contributed by atoms with E-state index in [9.17, 15) is 4.79 Å². The maximum atomic E-state index is 12.8. The fourth-order valence-electron chi connectivity index (χ4n) is 3.13. The number of hydrogen-bond acceptors (Lipinski definition) is 5. The fourth-order valence-corrected chi connectivity index (χ4v) is 3.13. The highest BCUT2D eigenvalue weighted by Crippen LogP contribution is 2.32. The molecule has 3 aliphatic rings. The number of epoxide rings is 3. The monoisotopic (exact) mass is 379 g/mol. The van der Waals surface area contributed by atoms with Crippen LogP contribution in [0.4, 0.5) is 0 Å². The van der Waals surface area contributed by atoms with Crippen LogP contribution in [-0.4, -0.2) is 73.2 Å². The zero-order chi connectivity index (χ0) is 19.9. The van der Waals surface area contributed by atoms with Crippen molar-refractivity contribution in [3.8, 4) is 11.8 Å². The average Bonchev–Trinajstić information content (AvgIpc) is 3.52. The van der Waals surface area contributed by atoms with Crippen LogP contribution in [-0.2, 0) is 23.7 Å². The van der Waals surface area contributed by atoms with Gasteiger partial charge in [-0.25, -0.2) is 0 Å². The normalized spacial score (nSPS) is 35.0. The summed E-state index contributed by atoms with van der Waals surface area (Å²) < 4.78 is 22.4. The van der Waals surface area contributed by atoms with Crippen LogP contribution in [0.5, 0.6) is 0 Å². The topological polar surface area (TPSA) is 67.1 Å². The van der Waals surface area contributed by atoms with Gasteiger partial charge in [0.25, 0.3) is 5.91 Å². The summed E-state index contributed by atoms with van der Waals surface area (Å²) in [5.41, 5.74) is -1.07. The van der Waals surface area contributed by atoms with Gasteiger partial charge in [0.1, 0.15) is 16.8 Å². The standard InChI is InChI=1S/C21H33NO5/c1-7-16(24-12-21(6)15-27-21)18(2,3)9-8-17(23)22(10-19(4)13-25-19)11-20(5)14-26-20/h16H,7,10-15H2,1-6H3. The number of hydrogen-bond donors (Lipinski definition) is 0. The van der Waals surface area contributed by atoms with E-state index in [1.165, 1.54) is 0 Å². The predicted octanol–water partition coefficient (Wildman–Crippen LogP) is 2.01. The molecule has 6 nitrogen and oxygen atoms in total. The summed E-state index contributed by atoms with van der Waals surface area (Å²) in [6.45, 7) is 16.0. The summed E-state index contributed by atoms with van der Waals surface area (Å²) in [6.07, 6.45) is 0.772. The van der Waals surface area contributed by atoms with E-state index in [0.29, 0.717) is 32.9 Å². The number of amides is 1. The summed E-state index contributed by atoms with van der Waals surface area (Å²) in [6, 6.07) is 0. The zero-order valence-corrected chi connectivity index (χ0v) is 17.5. The van der Waals surface area contributed by atoms with Gasteiger partial charge in [-0.3, -0.25) is 4.79 Å². The summed E-state index contributed by atoms with van der Waals surface area (Å²) in [5.74, 6) is 5.86. The molecule has 4 atom stereocenters. The van der Waals surface area contributed by atoms with Gasteiger partial charge in [0.2, 0.25) is 0 Å². The van der Waals surface area contributed by atoms with Crippen LogP contribution in [0.2, 0.25) is 0 Å². The van der Waals surface area contributed by atoms with Crippen LogP contribution < -0.4 is 0 Å². The van der Waals surface area contributed by atoms with Crippen LogP contribution in [0, 0.1) is 17.3 Å². The molecule has 0 aromatic heterocycles. The van der Waals surface area contributed by atoms with Crippen molar-refractivity contribution in [1.82, 2.24) is 4.90 Å². The molecule has 152 valence electrons. The molecular formula is C21H33NO5. The summed E-state index contributed by atoms with van der Waals surface area (Å²) >= 11 is 0. The Kier molecular flexibility index (Phi) is 5.37.